The Morgan fingerprint density at radius 1 is 1.44 bits per heavy atom. The summed E-state index contributed by atoms with van der Waals surface area (Å²) >= 11 is 5.86. The Balaban J connectivity index is 2.12. The van der Waals surface area contributed by atoms with E-state index in [0.717, 1.165) is 5.56 Å². The van der Waals surface area contributed by atoms with Gasteiger partial charge in [-0.05, 0) is 17.7 Å². The van der Waals surface area contributed by atoms with Crippen LogP contribution in [0.15, 0.2) is 24.3 Å². The second-order valence-corrected chi connectivity index (χ2v) is 4.56. The Morgan fingerprint density at radius 3 is 2.89 bits per heavy atom. The molecule has 1 aromatic rings. The fourth-order valence-electron chi connectivity index (χ4n) is 1.89. The van der Waals surface area contributed by atoms with E-state index in [-0.39, 0.29) is 18.4 Å². The first-order chi connectivity index (χ1) is 8.60. The van der Waals surface area contributed by atoms with E-state index in [4.69, 9.17) is 16.7 Å². The van der Waals surface area contributed by atoms with Crippen molar-refractivity contribution >= 4 is 23.4 Å². The van der Waals surface area contributed by atoms with E-state index in [0.29, 0.717) is 11.6 Å². The van der Waals surface area contributed by atoms with Crippen LogP contribution in [0, 0.1) is 0 Å². The van der Waals surface area contributed by atoms with Crippen LogP contribution in [-0.4, -0.2) is 41.0 Å². The average molecular weight is 269 g/mol. The highest BCUT2D eigenvalue weighted by Crippen LogP contribution is 2.14. The van der Waals surface area contributed by atoms with Gasteiger partial charge in [0.1, 0.15) is 6.04 Å². The van der Waals surface area contributed by atoms with Crippen LogP contribution in [0.1, 0.15) is 5.56 Å². The molecule has 1 atom stereocenters. The maximum atomic E-state index is 11.9. The molecule has 1 aliphatic heterocycles. The van der Waals surface area contributed by atoms with E-state index >= 15 is 0 Å². The molecular formula is C12H13ClN2O3. The molecule has 5 nitrogen and oxygen atoms in total. The summed E-state index contributed by atoms with van der Waals surface area (Å²) < 4.78 is 0. The number of hydrogen-bond acceptors (Lipinski definition) is 3. The molecule has 2 rings (SSSR count). The molecule has 96 valence electrons. The van der Waals surface area contributed by atoms with E-state index in [2.05, 4.69) is 5.32 Å². The monoisotopic (exact) mass is 268 g/mol. The smallest absolute Gasteiger partial charge is 0.248 e. The molecule has 1 aromatic carbocycles. The minimum absolute atomic E-state index is 0.00183. The van der Waals surface area contributed by atoms with Gasteiger partial charge >= 0.3 is 0 Å². The Kier molecular flexibility index (Phi) is 3.84. The Morgan fingerprint density at radius 2 is 2.22 bits per heavy atom. The lowest BCUT2D eigenvalue weighted by molar-refractivity contribution is -0.145. The molecule has 2 N–H and O–H groups in total. The van der Waals surface area contributed by atoms with Gasteiger partial charge in [0.15, 0.2) is 0 Å². The fourth-order valence-corrected chi connectivity index (χ4v) is 2.10. The summed E-state index contributed by atoms with van der Waals surface area (Å²) in [5.74, 6) is -0.548. The third-order valence-electron chi connectivity index (χ3n) is 2.72. The van der Waals surface area contributed by atoms with Gasteiger partial charge in [-0.25, -0.2) is 0 Å². The highest BCUT2D eigenvalue weighted by Gasteiger charge is 2.31. The number of aliphatic hydroxyl groups is 1. The maximum Gasteiger partial charge on any atom is 0.248 e. The van der Waals surface area contributed by atoms with Gasteiger partial charge in [-0.2, -0.15) is 0 Å². The van der Waals surface area contributed by atoms with Gasteiger partial charge in [0.2, 0.25) is 11.8 Å². The SMILES string of the molecule is O=C1CN(Cc2cccc(Cl)c2)C(=O)[C@H](CO)N1. The predicted molar refractivity (Wildman–Crippen MR) is 65.9 cm³/mol. The number of aliphatic hydroxyl groups excluding tert-OH is 1. The van der Waals surface area contributed by atoms with Crippen molar-refractivity contribution in [3.8, 4) is 0 Å². The zero-order valence-corrected chi connectivity index (χ0v) is 10.4. The Bertz CT molecular complexity index is 478. The molecule has 0 aromatic heterocycles. The summed E-state index contributed by atoms with van der Waals surface area (Å²) in [7, 11) is 0. The van der Waals surface area contributed by atoms with Crippen molar-refractivity contribution in [1.82, 2.24) is 10.2 Å². The molecule has 0 aliphatic carbocycles. The summed E-state index contributed by atoms with van der Waals surface area (Å²) in [5.41, 5.74) is 0.849. The van der Waals surface area contributed by atoms with Crippen LogP contribution < -0.4 is 5.32 Å². The number of nitrogens with zero attached hydrogens (tertiary/aromatic N) is 1. The quantitative estimate of drug-likeness (QED) is 0.820. The van der Waals surface area contributed by atoms with Crippen LogP contribution in [0.2, 0.25) is 5.02 Å². The summed E-state index contributed by atoms with van der Waals surface area (Å²) in [6, 6.07) is 6.27. The normalized spacial score (nSPS) is 19.9. The van der Waals surface area contributed by atoms with E-state index in [1.165, 1.54) is 4.90 Å². The van der Waals surface area contributed by atoms with Gasteiger partial charge in [-0.15, -0.1) is 0 Å². The molecular weight excluding hydrogens is 256 g/mol. The largest absolute Gasteiger partial charge is 0.394 e. The number of benzene rings is 1. The molecule has 0 bridgehead atoms. The molecule has 1 heterocycles. The van der Waals surface area contributed by atoms with E-state index in [9.17, 15) is 9.59 Å². The van der Waals surface area contributed by atoms with Crippen LogP contribution in [-0.2, 0) is 16.1 Å². The molecule has 0 spiro atoms. The topological polar surface area (TPSA) is 69.6 Å². The fraction of sp³-hybridized carbons (Fsp3) is 0.333. The van der Waals surface area contributed by atoms with Gasteiger partial charge in [0, 0.05) is 11.6 Å². The molecule has 0 saturated carbocycles. The summed E-state index contributed by atoms with van der Waals surface area (Å²) in [6.07, 6.45) is 0. The van der Waals surface area contributed by atoms with Gasteiger partial charge in [0.25, 0.3) is 0 Å². The van der Waals surface area contributed by atoms with Crippen molar-refractivity contribution in [3.63, 3.8) is 0 Å². The minimum atomic E-state index is -0.842. The highest BCUT2D eigenvalue weighted by molar-refractivity contribution is 6.30. The van der Waals surface area contributed by atoms with Gasteiger partial charge in [-0.3, -0.25) is 9.59 Å². The van der Waals surface area contributed by atoms with Crippen molar-refractivity contribution < 1.29 is 14.7 Å². The van der Waals surface area contributed by atoms with E-state index in [1.54, 1.807) is 18.2 Å². The van der Waals surface area contributed by atoms with Crippen LogP contribution in [0.4, 0.5) is 0 Å². The van der Waals surface area contributed by atoms with E-state index in [1.807, 2.05) is 6.07 Å². The second kappa shape index (κ2) is 5.37. The lowest BCUT2D eigenvalue weighted by atomic mass is 10.1. The van der Waals surface area contributed by atoms with E-state index < -0.39 is 12.6 Å². The standard InChI is InChI=1S/C12H13ClN2O3/c13-9-3-1-2-8(4-9)5-15-6-11(17)14-10(7-16)12(15)18/h1-4,10,16H,5-7H2,(H,14,17)/t10-/m0/s1. The van der Waals surface area contributed by atoms with Crippen LogP contribution in [0.5, 0.6) is 0 Å². The van der Waals surface area contributed by atoms with Crippen molar-refractivity contribution in [1.29, 1.82) is 0 Å². The maximum absolute atomic E-state index is 11.9. The Hall–Kier alpha value is -1.59. The number of rotatable bonds is 3. The Labute approximate surface area is 109 Å². The van der Waals surface area contributed by atoms with Crippen LogP contribution >= 0.6 is 11.6 Å². The van der Waals surface area contributed by atoms with Crippen molar-refractivity contribution in [2.24, 2.45) is 0 Å². The predicted octanol–water partition coefficient (Wildman–Crippen LogP) is 0.159. The molecule has 1 aliphatic rings. The molecule has 0 unspecified atom stereocenters. The number of hydrogen-bond donors (Lipinski definition) is 2. The number of carbonyl (C=O) groups is 2. The zero-order valence-electron chi connectivity index (χ0n) is 9.60. The average Bonchev–Trinajstić information content (AvgIpc) is 2.33. The van der Waals surface area contributed by atoms with Gasteiger partial charge < -0.3 is 15.3 Å². The van der Waals surface area contributed by atoms with Crippen molar-refractivity contribution in [3.05, 3.63) is 34.9 Å². The molecule has 18 heavy (non-hydrogen) atoms. The summed E-state index contributed by atoms with van der Waals surface area (Å²) in [6.45, 7) is -0.0816. The molecule has 0 radical (unpaired) electrons. The van der Waals surface area contributed by atoms with Crippen LogP contribution in [0.25, 0.3) is 0 Å². The second-order valence-electron chi connectivity index (χ2n) is 4.13. The third kappa shape index (κ3) is 2.80. The number of amides is 2. The number of halogens is 1. The first kappa shape index (κ1) is 12.9. The minimum Gasteiger partial charge on any atom is -0.394 e. The first-order valence-corrected chi connectivity index (χ1v) is 5.91. The van der Waals surface area contributed by atoms with Crippen LogP contribution in [0.3, 0.4) is 0 Å². The number of nitrogens with one attached hydrogen (secondary N) is 1. The lowest BCUT2D eigenvalue weighted by Crippen LogP contribution is -2.58. The molecule has 1 fully saturated rings. The molecule has 6 heteroatoms. The highest BCUT2D eigenvalue weighted by atomic mass is 35.5. The zero-order chi connectivity index (χ0) is 13.1. The van der Waals surface area contributed by atoms with Crippen molar-refractivity contribution in [2.45, 2.75) is 12.6 Å². The third-order valence-corrected chi connectivity index (χ3v) is 2.96. The molecule has 2 amide bonds. The molecule has 1 saturated heterocycles. The van der Waals surface area contributed by atoms with Crippen molar-refractivity contribution in [2.75, 3.05) is 13.2 Å². The van der Waals surface area contributed by atoms with Gasteiger partial charge in [-0.1, -0.05) is 23.7 Å². The number of piperazine rings is 1. The van der Waals surface area contributed by atoms with Gasteiger partial charge in [0.05, 0.1) is 13.2 Å². The lowest BCUT2D eigenvalue weighted by Gasteiger charge is -2.31. The summed E-state index contributed by atoms with van der Waals surface area (Å²) in [5, 5.41) is 12.0. The first-order valence-electron chi connectivity index (χ1n) is 5.53. The summed E-state index contributed by atoms with van der Waals surface area (Å²) in [4.78, 5) is 24.7. The number of carbonyl (C=O) groups excluding carboxylic acids is 2.